The molecular weight excluding hydrogens is 144 g/mol. The number of hydrogen-bond donors (Lipinski definition) is 2. The van der Waals surface area contributed by atoms with Crippen molar-refractivity contribution in [3.05, 3.63) is 0 Å². The van der Waals surface area contributed by atoms with Gasteiger partial charge in [-0.15, -0.1) is 0 Å². The van der Waals surface area contributed by atoms with Crippen LogP contribution in [-0.2, 0) is 4.74 Å². The van der Waals surface area contributed by atoms with E-state index < -0.39 is 6.03 Å². The summed E-state index contributed by atoms with van der Waals surface area (Å²) < 4.78 is 5.25. The summed E-state index contributed by atoms with van der Waals surface area (Å²) in [6, 6.07) is -0.833. The van der Waals surface area contributed by atoms with Crippen LogP contribution in [0.1, 0.15) is 27.7 Å². The summed E-state index contributed by atoms with van der Waals surface area (Å²) in [4.78, 5) is 9.00. The monoisotopic (exact) mass is 162 g/mol. The molecule has 4 N–H and O–H groups in total. The number of nitrogens with two attached hydrogens (primary N) is 2. The van der Waals surface area contributed by atoms with Crippen LogP contribution in [0.25, 0.3) is 0 Å². The lowest BCUT2D eigenvalue weighted by Gasteiger charge is -2.09. The molecular formula is C7H18N2O2. The maximum Gasteiger partial charge on any atom is 0.309 e. The molecule has 0 aliphatic carbocycles. The van der Waals surface area contributed by atoms with Crippen LogP contribution >= 0.6 is 0 Å². The van der Waals surface area contributed by atoms with Gasteiger partial charge in [0.25, 0.3) is 0 Å². The molecule has 0 aliphatic heterocycles. The highest BCUT2D eigenvalue weighted by Gasteiger charge is 1.94. The van der Waals surface area contributed by atoms with Gasteiger partial charge >= 0.3 is 6.03 Å². The second-order valence-electron chi connectivity index (χ2n) is 2.64. The minimum atomic E-state index is -0.833. The number of urea groups is 1. The molecule has 0 saturated carbocycles. The first-order valence-electron chi connectivity index (χ1n) is 3.56. The number of rotatable bonds is 2. The van der Waals surface area contributed by atoms with Gasteiger partial charge < -0.3 is 16.2 Å². The zero-order valence-electron chi connectivity index (χ0n) is 7.63. The molecule has 0 aromatic rings. The van der Waals surface area contributed by atoms with Crippen LogP contribution in [0.15, 0.2) is 0 Å². The average molecular weight is 162 g/mol. The fourth-order valence-corrected chi connectivity index (χ4v) is 0.544. The Hall–Kier alpha value is -0.770. The van der Waals surface area contributed by atoms with Crippen molar-refractivity contribution in [3.8, 4) is 0 Å². The van der Waals surface area contributed by atoms with Crippen LogP contribution < -0.4 is 11.5 Å². The Kier molecular flexibility index (Phi) is 8.58. The van der Waals surface area contributed by atoms with Gasteiger partial charge in [0.15, 0.2) is 0 Å². The lowest BCUT2D eigenvalue weighted by Crippen LogP contribution is -2.18. The van der Waals surface area contributed by atoms with Crippen molar-refractivity contribution in [2.75, 3.05) is 0 Å². The van der Waals surface area contributed by atoms with E-state index in [1.807, 2.05) is 27.7 Å². The number of ether oxygens (including phenoxy) is 1. The molecule has 0 bridgehead atoms. The van der Waals surface area contributed by atoms with Gasteiger partial charge in [0.05, 0.1) is 12.2 Å². The summed E-state index contributed by atoms with van der Waals surface area (Å²) in [5.41, 5.74) is 8.50. The molecule has 0 aliphatic rings. The van der Waals surface area contributed by atoms with Crippen LogP contribution in [0.3, 0.4) is 0 Å². The van der Waals surface area contributed by atoms with E-state index in [-0.39, 0.29) is 0 Å². The Balaban J connectivity index is 0. The van der Waals surface area contributed by atoms with Crippen LogP contribution in [0.2, 0.25) is 0 Å². The highest BCUT2D eigenvalue weighted by molar-refractivity contribution is 5.69. The van der Waals surface area contributed by atoms with Gasteiger partial charge in [0.2, 0.25) is 0 Å². The van der Waals surface area contributed by atoms with E-state index in [4.69, 9.17) is 9.53 Å². The topological polar surface area (TPSA) is 78.3 Å². The highest BCUT2D eigenvalue weighted by atomic mass is 16.5. The Morgan fingerprint density at radius 1 is 1.09 bits per heavy atom. The van der Waals surface area contributed by atoms with Crippen LogP contribution in [0.5, 0.6) is 0 Å². The Labute approximate surface area is 67.9 Å². The fraction of sp³-hybridized carbons (Fsp3) is 0.857. The molecule has 0 saturated heterocycles. The zero-order chi connectivity index (χ0) is 9.44. The summed E-state index contributed by atoms with van der Waals surface area (Å²) in [7, 11) is 0. The van der Waals surface area contributed by atoms with Crippen molar-refractivity contribution in [1.82, 2.24) is 0 Å². The first-order valence-corrected chi connectivity index (χ1v) is 3.56. The molecule has 68 valence electrons. The second-order valence-corrected chi connectivity index (χ2v) is 2.64. The molecule has 0 unspecified atom stereocenters. The van der Waals surface area contributed by atoms with Gasteiger partial charge in [-0.2, -0.15) is 0 Å². The van der Waals surface area contributed by atoms with Crippen molar-refractivity contribution in [2.45, 2.75) is 39.9 Å². The van der Waals surface area contributed by atoms with E-state index in [9.17, 15) is 0 Å². The average Bonchev–Trinajstić information content (AvgIpc) is 1.56. The van der Waals surface area contributed by atoms with Gasteiger partial charge in [-0.1, -0.05) is 0 Å². The molecule has 0 heterocycles. The fourth-order valence-electron chi connectivity index (χ4n) is 0.544. The molecule has 0 aromatic carbocycles. The minimum absolute atomic E-state index is 0.375. The minimum Gasteiger partial charge on any atom is -0.376 e. The molecule has 0 atom stereocenters. The van der Waals surface area contributed by atoms with Crippen molar-refractivity contribution in [2.24, 2.45) is 11.5 Å². The number of carbonyl (C=O) groups excluding carboxylic acids is 1. The summed E-state index contributed by atoms with van der Waals surface area (Å²) in [6.07, 6.45) is 0.750. The Morgan fingerprint density at radius 2 is 1.27 bits per heavy atom. The Morgan fingerprint density at radius 3 is 1.27 bits per heavy atom. The first kappa shape index (κ1) is 12.9. The third-order valence-corrected chi connectivity index (χ3v) is 0.544. The molecule has 0 radical (unpaired) electrons. The maximum atomic E-state index is 9.00. The lowest BCUT2D eigenvalue weighted by molar-refractivity contribution is 0.0300. The SMILES string of the molecule is CC(C)OC(C)C.NC(N)=O. The van der Waals surface area contributed by atoms with E-state index >= 15 is 0 Å². The third-order valence-electron chi connectivity index (χ3n) is 0.544. The molecule has 0 aromatic heterocycles. The molecule has 11 heavy (non-hydrogen) atoms. The number of hydrogen-bond acceptors (Lipinski definition) is 2. The zero-order valence-corrected chi connectivity index (χ0v) is 7.63. The van der Waals surface area contributed by atoms with Gasteiger partial charge in [0.1, 0.15) is 0 Å². The quantitative estimate of drug-likeness (QED) is 0.631. The van der Waals surface area contributed by atoms with E-state index in [0.29, 0.717) is 12.2 Å². The number of amides is 2. The van der Waals surface area contributed by atoms with Gasteiger partial charge in [-0.25, -0.2) is 4.79 Å². The summed E-state index contributed by atoms with van der Waals surface area (Å²) >= 11 is 0. The van der Waals surface area contributed by atoms with Crippen molar-refractivity contribution in [3.63, 3.8) is 0 Å². The largest absolute Gasteiger partial charge is 0.376 e. The smallest absolute Gasteiger partial charge is 0.309 e. The van der Waals surface area contributed by atoms with E-state index in [1.165, 1.54) is 0 Å². The summed E-state index contributed by atoms with van der Waals surface area (Å²) in [6.45, 7) is 8.17. The number of carbonyl (C=O) groups is 1. The molecule has 4 heteroatoms. The third kappa shape index (κ3) is 46.2. The van der Waals surface area contributed by atoms with Crippen LogP contribution in [-0.4, -0.2) is 18.2 Å². The predicted molar refractivity (Wildman–Crippen MR) is 45.1 cm³/mol. The van der Waals surface area contributed by atoms with Crippen LogP contribution in [0.4, 0.5) is 4.79 Å². The van der Waals surface area contributed by atoms with Gasteiger partial charge in [-0.05, 0) is 27.7 Å². The van der Waals surface area contributed by atoms with Crippen molar-refractivity contribution < 1.29 is 9.53 Å². The summed E-state index contributed by atoms with van der Waals surface area (Å²) in [5, 5.41) is 0. The van der Waals surface area contributed by atoms with E-state index in [1.54, 1.807) is 0 Å². The molecule has 0 fully saturated rings. The predicted octanol–water partition coefficient (Wildman–Crippen LogP) is 0.844. The van der Waals surface area contributed by atoms with E-state index in [2.05, 4.69) is 11.5 Å². The summed E-state index contributed by atoms with van der Waals surface area (Å²) in [5.74, 6) is 0. The maximum absolute atomic E-state index is 9.00. The lowest BCUT2D eigenvalue weighted by atomic mass is 10.4. The van der Waals surface area contributed by atoms with Crippen molar-refractivity contribution >= 4 is 6.03 Å². The molecule has 0 spiro atoms. The second kappa shape index (κ2) is 7.34. The Bertz CT molecular complexity index is 92.6. The molecule has 4 nitrogen and oxygen atoms in total. The van der Waals surface area contributed by atoms with E-state index in [0.717, 1.165) is 0 Å². The van der Waals surface area contributed by atoms with Crippen LogP contribution in [0, 0.1) is 0 Å². The highest BCUT2D eigenvalue weighted by Crippen LogP contribution is 1.93. The first-order chi connectivity index (χ1) is 4.86. The normalized spacial score (nSPS) is 9.27. The van der Waals surface area contributed by atoms with Gasteiger partial charge in [0, 0.05) is 0 Å². The van der Waals surface area contributed by atoms with Gasteiger partial charge in [-0.3, -0.25) is 0 Å². The standard InChI is InChI=1S/C6H14O.CH4N2O/c1-5(2)7-6(3)4;2-1(3)4/h5-6H,1-4H3;(H4,2,3,4). The molecule has 2 amide bonds. The number of primary amides is 2. The van der Waals surface area contributed by atoms with Crippen molar-refractivity contribution in [1.29, 1.82) is 0 Å². The molecule has 0 rings (SSSR count).